The molecule has 0 aliphatic heterocycles. The molecule has 20 heavy (non-hydrogen) atoms. The van der Waals surface area contributed by atoms with Gasteiger partial charge in [0.1, 0.15) is 0 Å². The highest BCUT2D eigenvalue weighted by Crippen LogP contribution is 2.42. The molecule has 3 heteroatoms. The molecule has 0 bridgehead atoms. The molecule has 0 spiro atoms. The summed E-state index contributed by atoms with van der Waals surface area (Å²) in [5, 5.41) is 8.45. The maximum Gasteiger partial charge on any atom is 0.0725 e. The van der Waals surface area contributed by atoms with Gasteiger partial charge in [0.05, 0.1) is 5.69 Å². The lowest BCUT2D eigenvalue weighted by Gasteiger charge is -2.41. The molecule has 0 aliphatic rings. The molecule has 0 saturated heterocycles. The first-order chi connectivity index (χ1) is 9.26. The maximum atomic E-state index is 4.72. The SMILES string of the molecule is Cc1cccc(C(C)(C)C(C)(C)c2nnccc2C)n1. The number of aromatic nitrogens is 3. The summed E-state index contributed by atoms with van der Waals surface area (Å²) < 4.78 is 0. The smallest absolute Gasteiger partial charge is 0.0725 e. The molecule has 0 unspecified atom stereocenters. The lowest BCUT2D eigenvalue weighted by Crippen LogP contribution is -2.42. The molecule has 0 radical (unpaired) electrons. The molecule has 0 atom stereocenters. The summed E-state index contributed by atoms with van der Waals surface area (Å²) in [7, 11) is 0. The zero-order valence-electron chi connectivity index (χ0n) is 13.2. The van der Waals surface area contributed by atoms with Gasteiger partial charge in [0.25, 0.3) is 0 Å². The molecule has 3 nitrogen and oxygen atoms in total. The van der Waals surface area contributed by atoms with E-state index in [2.05, 4.69) is 56.9 Å². The highest BCUT2D eigenvalue weighted by Gasteiger charge is 2.42. The summed E-state index contributed by atoms with van der Waals surface area (Å²) in [4.78, 5) is 4.72. The number of aryl methyl sites for hydroxylation is 2. The summed E-state index contributed by atoms with van der Waals surface area (Å²) in [6.45, 7) is 13.0. The third-order valence-electron chi connectivity index (χ3n) is 4.61. The van der Waals surface area contributed by atoms with Crippen LogP contribution < -0.4 is 0 Å². The minimum atomic E-state index is -0.161. The fourth-order valence-electron chi connectivity index (χ4n) is 2.52. The van der Waals surface area contributed by atoms with Crippen LogP contribution in [0.5, 0.6) is 0 Å². The number of pyridine rings is 1. The summed E-state index contributed by atoms with van der Waals surface area (Å²) >= 11 is 0. The molecule has 0 aromatic carbocycles. The van der Waals surface area contributed by atoms with Crippen LogP contribution in [0.4, 0.5) is 0 Å². The van der Waals surface area contributed by atoms with Crippen LogP contribution in [0.25, 0.3) is 0 Å². The van der Waals surface area contributed by atoms with Crippen molar-refractivity contribution in [3.05, 3.63) is 53.1 Å². The summed E-state index contributed by atoms with van der Waals surface area (Å²) in [5.74, 6) is 0. The Bertz CT molecular complexity index is 615. The molecular weight excluding hydrogens is 246 g/mol. The molecule has 0 aliphatic carbocycles. The molecule has 2 heterocycles. The van der Waals surface area contributed by atoms with Crippen molar-refractivity contribution in [3.8, 4) is 0 Å². The second-order valence-electron chi connectivity index (χ2n) is 6.48. The van der Waals surface area contributed by atoms with Crippen LogP contribution in [0, 0.1) is 13.8 Å². The van der Waals surface area contributed by atoms with Crippen molar-refractivity contribution in [2.75, 3.05) is 0 Å². The van der Waals surface area contributed by atoms with Crippen LogP contribution in [-0.4, -0.2) is 15.2 Å². The van der Waals surface area contributed by atoms with Crippen molar-refractivity contribution >= 4 is 0 Å². The van der Waals surface area contributed by atoms with Gasteiger partial charge in [-0.1, -0.05) is 33.8 Å². The van der Waals surface area contributed by atoms with Crippen molar-refractivity contribution in [2.24, 2.45) is 0 Å². The van der Waals surface area contributed by atoms with Crippen LogP contribution in [0.15, 0.2) is 30.5 Å². The van der Waals surface area contributed by atoms with Crippen LogP contribution in [0.2, 0.25) is 0 Å². The van der Waals surface area contributed by atoms with Crippen molar-refractivity contribution in [2.45, 2.75) is 52.4 Å². The molecule has 0 saturated carbocycles. The fraction of sp³-hybridized carbons (Fsp3) is 0.471. The number of hydrogen-bond donors (Lipinski definition) is 0. The van der Waals surface area contributed by atoms with Gasteiger partial charge in [-0.2, -0.15) is 10.2 Å². The van der Waals surface area contributed by atoms with Gasteiger partial charge in [0, 0.05) is 28.4 Å². The second-order valence-corrected chi connectivity index (χ2v) is 6.48. The topological polar surface area (TPSA) is 38.7 Å². The van der Waals surface area contributed by atoms with E-state index in [1.807, 2.05) is 19.1 Å². The van der Waals surface area contributed by atoms with Gasteiger partial charge in [0.15, 0.2) is 0 Å². The standard InChI is InChI=1S/C17H23N3/c1-12-10-11-18-20-15(12)17(5,6)16(3,4)14-9-7-8-13(2)19-14/h7-11H,1-6H3. The van der Waals surface area contributed by atoms with Crippen LogP contribution in [0.3, 0.4) is 0 Å². The summed E-state index contributed by atoms with van der Waals surface area (Å²) in [6, 6.07) is 8.21. The highest BCUT2D eigenvalue weighted by atomic mass is 15.1. The van der Waals surface area contributed by atoms with Crippen LogP contribution in [0.1, 0.15) is 50.3 Å². The molecule has 0 N–H and O–H groups in total. The number of nitrogens with zero attached hydrogens (tertiary/aromatic N) is 3. The Hall–Kier alpha value is -1.77. The summed E-state index contributed by atoms with van der Waals surface area (Å²) in [6.07, 6.45) is 1.74. The highest BCUT2D eigenvalue weighted by molar-refractivity contribution is 5.33. The predicted molar refractivity (Wildman–Crippen MR) is 81.8 cm³/mol. The molecule has 0 fully saturated rings. The molecule has 2 aromatic heterocycles. The van der Waals surface area contributed by atoms with Gasteiger partial charge >= 0.3 is 0 Å². The Labute approximate surface area is 121 Å². The first-order valence-electron chi connectivity index (χ1n) is 7.00. The largest absolute Gasteiger partial charge is 0.258 e. The van der Waals surface area contributed by atoms with E-state index in [1.54, 1.807) is 6.20 Å². The Morgan fingerprint density at radius 1 is 0.900 bits per heavy atom. The Morgan fingerprint density at radius 3 is 2.20 bits per heavy atom. The van der Waals surface area contributed by atoms with Gasteiger partial charge in [0.2, 0.25) is 0 Å². The Morgan fingerprint density at radius 2 is 1.60 bits per heavy atom. The molecular formula is C17H23N3. The summed E-state index contributed by atoms with van der Waals surface area (Å²) in [5.41, 5.74) is 4.04. The second kappa shape index (κ2) is 4.97. The first kappa shape index (κ1) is 14.6. The van der Waals surface area contributed by atoms with Gasteiger partial charge < -0.3 is 0 Å². The molecule has 106 valence electrons. The van der Waals surface area contributed by atoms with Crippen LogP contribution in [-0.2, 0) is 10.8 Å². The van der Waals surface area contributed by atoms with Crippen molar-refractivity contribution in [3.63, 3.8) is 0 Å². The predicted octanol–water partition coefficient (Wildman–Crippen LogP) is 3.74. The zero-order valence-corrected chi connectivity index (χ0v) is 13.2. The van der Waals surface area contributed by atoms with Crippen LogP contribution >= 0.6 is 0 Å². The number of hydrogen-bond acceptors (Lipinski definition) is 3. The van der Waals surface area contributed by atoms with E-state index < -0.39 is 0 Å². The van der Waals surface area contributed by atoms with Gasteiger partial charge in [-0.3, -0.25) is 4.98 Å². The zero-order chi connectivity index (χ0) is 15.0. The van der Waals surface area contributed by atoms with Gasteiger partial charge in [-0.15, -0.1) is 0 Å². The van der Waals surface area contributed by atoms with E-state index in [-0.39, 0.29) is 10.8 Å². The van der Waals surface area contributed by atoms with Gasteiger partial charge in [-0.05, 0) is 37.6 Å². The van der Waals surface area contributed by atoms with Crippen molar-refractivity contribution in [1.82, 2.24) is 15.2 Å². The first-order valence-corrected chi connectivity index (χ1v) is 7.00. The number of rotatable bonds is 3. The normalized spacial score (nSPS) is 12.5. The quantitative estimate of drug-likeness (QED) is 0.852. The van der Waals surface area contributed by atoms with Gasteiger partial charge in [-0.25, -0.2) is 0 Å². The monoisotopic (exact) mass is 269 g/mol. The van der Waals surface area contributed by atoms with E-state index in [0.717, 1.165) is 17.1 Å². The minimum Gasteiger partial charge on any atom is -0.258 e. The maximum absolute atomic E-state index is 4.72. The Balaban J connectivity index is 2.55. The third kappa shape index (κ3) is 2.33. The molecule has 2 aromatic rings. The van der Waals surface area contributed by atoms with Crippen molar-refractivity contribution < 1.29 is 0 Å². The minimum absolute atomic E-state index is 0.139. The fourth-order valence-corrected chi connectivity index (χ4v) is 2.52. The third-order valence-corrected chi connectivity index (χ3v) is 4.61. The van der Waals surface area contributed by atoms with E-state index in [1.165, 1.54) is 5.56 Å². The van der Waals surface area contributed by atoms with E-state index in [4.69, 9.17) is 4.98 Å². The van der Waals surface area contributed by atoms with E-state index in [9.17, 15) is 0 Å². The van der Waals surface area contributed by atoms with E-state index >= 15 is 0 Å². The lowest BCUT2D eigenvalue weighted by atomic mass is 9.63. The Kier molecular flexibility index (Phi) is 3.63. The molecule has 2 rings (SSSR count). The molecule has 0 amide bonds. The van der Waals surface area contributed by atoms with Crippen molar-refractivity contribution in [1.29, 1.82) is 0 Å². The average molecular weight is 269 g/mol. The lowest BCUT2D eigenvalue weighted by molar-refractivity contribution is 0.284. The van der Waals surface area contributed by atoms with E-state index in [0.29, 0.717) is 0 Å². The average Bonchev–Trinajstić information content (AvgIpc) is 2.38.